The number of hydrogen-bond donors (Lipinski definition) is 1. The van der Waals surface area contributed by atoms with E-state index < -0.39 is 0 Å². The van der Waals surface area contributed by atoms with Gasteiger partial charge in [-0.2, -0.15) is 11.8 Å². The van der Waals surface area contributed by atoms with Crippen molar-refractivity contribution in [2.45, 2.75) is 32.4 Å². The van der Waals surface area contributed by atoms with E-state index >= 15 is 0 Å². The summed E-state index contributed by atoms with van der Waals surface area (Å²) in [6.45, 7) is 4.03. The smallest absolute Gasteiger partial charge is 0.306 e. The lowest BCUT2D eigenvalue weighted by Gasteiger charge is -2.17. The normalized spacial score (nSPS) is 12.2. The molecule has 0 radical (unpaired) electrons. The number of ether oxygens (including phenoxy) is 2. The predicted molar refractivity (Wildman–Crippen MR) is 88.0 cm³/mol. The standard InChI is InChI=1S/C16H25NO3S/c1-12(2)20-14-7-5-13(6-8-14)15(17-3)11-21-10-9-16(18)19-4/h5-8,12,15,17H,9-11H2,1-4H3. The zero-order chi connectivity index (χ0) is 15.7. The summed E-state index contributed by atoms with van der Waals surface area (Å²) >= 11 is 1.74. The van der Waals surface area contributed by atoms with Gasteiger partial charge >= 0.3 is 5.97 Å². The molecule has 1 N–H and O–H groups in total. The van der Waals surface area contributed by atoms with Crippen molar-refractivity contribution >= 4 is 17.7 Å². The molecule has 5 heteroatoms. The average molecular weight is 311 g/mol. The fourth-order valence-corrected chi connectivity index (χ4v) is 2.93. The molecule has 0 spiro atoms. The van der Waals surface area contributed by atoms with Crippen molar-refractivity contribution in [3.8, 4) is 5.75 Å². The van der Waals surface area contributed by atoms with Gasteiger partial charge in [-0.1, -0.05) is 12.1 Å². The van der Waals surface area contributed by atoms with Gasteiger partial charge in [-0.3, -0.25) is 4.79 Å². The van der Waals surface area contributed by atoms with Crippen LogP contribution in [0, 0.1) is 0 Å². The third-order valence-corrected chi connectivity index (χ3v) is 4.03. The van der Waals surface area contributed by atoms with E-state index in [-0.39, 0.29) is 18.1 Å². The number of thioether (sulfide) groups is 1. The molecule has 1 unspecified atom stereocenters. The van der Waals surface area contributed by atoms with Crippen LogP contribution in [0.1, 0.15) is 31.9 Å². The summed E-state index contributed by atoms with van der Waals surface area (Å²) in [6, 6.07) is 8.43. The first kappa shape index (κ1) is 17.9. The van der Waals surface area contributed by atoms with Gasteiger partial charge in [0.05, 0.1) is 19.6 Å². The van der Waals surface area contributed by atoms with E-state index in [0.717, 1.165) is 17.3 Å². The van der Waals surface area contributed by atoms with Crippen molar-refractivity contribution in [3.05, 3.63) is 29.8 Å². The zero-order valence-electron chi connectivity index (χ0n) is 13.2. The first-order valence-electron chi connectivity index (χ1n) is 7.15. The molecule has 0 saturated carbocycles. The summed E-state index contributed by atoms with van der Waals surface area (Å²) in [5, 5.41) is 3.30. The Labute approximate surface area is 131 Å². The maximum absolute atomic E-state index is 11.1. The van der Waals surface area contributed by atoms with Crippen LogP contribution >= 0.6 is 11.8 Å². The van der Waals surface area contributed by atoms with Crippen LogP contribution in [0.4, 0.5) is 0 Å². The van der Waals surface area contributed by atoms with E-state index in [0.29, 0.717) is 6.42 Å². The summed E-state index contributed by atoms with van der Waals surface area (Å²) < 4.78 is 10.3. The molecule has 0 aliphatic rings. The second-order valence-corrected chi connectivity index (χ2v) is 6.13. The van der Waals surface area contributed by atoms with Gasteiger partial charge in [-0.15, -0.1) is 0 Å². The summed E-state index contributed by atoms with van der Waals surface area (Å²) in [6.07, 6.45) is 0.642. The molecule has 0 aliphatic carbocycles. The lowest BCUT2D eigenvalue weighted by molar-refractivity contribution is -0.140. The van der Waals surface area contributed by atoms with Crippen molar-refractivity contribution in [3.63, 3.8) is 0 Å². The van der Waals surface area contributed by atoms with Gasteiger partial charge in [0.25, 0.3) is 0 Å². The van der Waals surface area contributed by atoms with Crippen molar-refractivity contribution in [2.24, 2.45) is 0 Å². The monoisotopic (exact) mass is 311 g/mol. The Bertz CT molecular complexity index is 420. The van der Waals surface area contributed by atoms with Crippen LogP contribution in [0.25, 0.3) is 0 Å². The van der Waals surface area contributed by atoms with E-state index in [1.54, 1.807) is 11.8 Å². The van der Waals surface area contributed by atoms with Gasteiger partial charge in [0.1, 0.15) is 5.75 Å². The molecule has 118 valence electrons. The fourth-order valence-electron chi connectivity index (χ4n) is 1.86. The molecule has 0 amide bonds. The van der Waals surface area contributed by atoms with Gasteiger partial charge in [0.15, 0.2) is 0 Å². The molecule has 0 fully saturated rings. The summed E-state index contributed by atoms with van der Waals surface area (Å²) in [5.41, 5.74) is 1.22. The lowest BCUT2D eigenvalue weighted by Crippen LogP contribution is -2.19. The molecular formula is C16H25NO3S. The van der Waals surface area contributed by atoms with Crippen molar-refractivity contribution in [2.75, 3.05) is 25.7 Å². The number of hydrogen-bond acceptors (Lipinski definition) is 5. The molecule has 4 nitrogen and oxygen atoms in total. The Morgan fingerprint density at radius 3 is 2.48 bits per heavy atom. The summed E-state index contributed by atoms with van der Waals surface area (Å²) in [5.74, 6) is 2.43. The Kier molecular flexibility index (Phi) is 8.23. The van der Waals surface area contributed by atoms with Crippen LogP contribution in [-0.2, 0) is 9.53 Å². The first-order chi connectivity index (χ1) is 10.1. The maximum Gasteiger partial charge on any atom is 0.306 e. The SMILES string of the molecule is CNC(CSCCC(=O)OC)c1ccc(OC(C)C)cc1. The molecule has 21 heavy (non-hydrogen) atoms. The number of esters is 1. The minimum absolute atomic E-state index is 0.154. The third kappa shape index (κ3) is 6.87. The average Bonchev–Trinajstić information content (AvgIpc) is 2.47. The lowest BCUT2D eigenvalue weighted by atomic mass is 10.1. The highest BCUT2D eigenvalue weighted by Crippen LogP contribution is 2.22. The highest BCUT2D eigenvalue weighted by atomic mass is 32.2. The van der Waals surface area contributed by atoms with Gasteiger partial charge in [-0.25, -0.2) is 0 Å². The quantitative estimate of drug-likeness (QED) is 0.561. The van der Waals surface area contributed by atoms with E-state index in [1.165, 1.54) is 12.7 Å². The van der Waals surface area contributed by atoms with Crippen LogP contribution in [0.3, 0.4) is 0 Å². The van der Waals surface area contributed by atoms with E-state index in [2.05, 4.69) is 22.2 Å². The number of carbonyl (C=O) groups excluding carboxylic acids is 1. The molecule has 1 aromatic carbocycles. The summed E-state index contributed by atoms with van der Waals surface area (Å²) in [4.78, 5) is 11.1. The van der Waals surface area contributed by atoms with Crippen LogP contribution in [0.5, 0.6) is 5.75 Å². The third-order valence-electron chi connectivity index (χ3n) is 2.97. The van der Waals surface area contributed by atoms with E-state index in [1.807, 2.05) is 33.0 Å². The number of nitrogens with one attached hydrogen (secondary N) is 1. The molecular weight excluding hydrogens is 286 g/mol. The fraction of sp³-hybridized carbons (Fsp3) is 0.562. The van der Waals surface area contributed by atoms with E-state index in [9.17, 15) is 4.79 Å². The molecule has 1 aromatic rings. The Hall–Kier alpha value is -1.20. The van der Waals surface area contributed by atoms with Gasteiger partial charge in [0.2, 0.25) is 0 Å². The number of benzene rings is 1. The second kappa shape index (κ2) is 9.68. The molecule has 0 heterocycles. The maximum atomic E-state index is 11.1. The molecule has 0 aromatic heterocycles. The number of carbonyl (C=O) groups is 1. The van der Waals surface area contributed by atoms with Gasteiger partial charge in [0, 0.05) is 17.5 Å². The van der Waals surface area contributed by atoms with Crippen LogP contribution in [0.15, 0.2) is 24.3 Å². The Morgan fingerprint density at radius 2 is 1.95 bits per heavy atom. The van der Waals surface area contributed by atoms with E-state index in [4.69, 9.17) is 4.74 Å². The highest BCUT2D eigenvalue weighted by Gasteiger charge is 2.10. The van der Waals surface area contributed by atoms with Crippen molar-refractivity contribution < 1.29 is 14.3 Å². The minimum atomic E-state index is -0.154. The topological polar surface area (TPSA) is 47.6 Å². The molecule has 1 rings (SSSR count). The van der Waals surface area contributed by atoms with Crippen molar-refractivity contribution in [1.29, 1.82) is 0 Å². The second-order valence-electron chi connectivity index (χ2n) is 4.98. The Balaban J connectivity index is 2.46. The first-order valence-corrected chi connectivity index (χ1v) is 8.30. The Morgan fingerprint density at radius 1 is 1.29 bits per heavy atom. The number of methoxy groups -OCH3 is 1. The van der Waals surface area contributed by atoms with Crippen LogP contribution < -0.4 is 10.1 Å². The van der Waals surface area contributed by atoms with Crippen LogP contribution in [0.2, 0.25) is 0 Å². The molecule has 0 bridgehead atoms. The summed E-state index contributed by atoms with van der Waals surface area (Å²) in [7, 11) is 3.37. The zero-order valence-corrected chi connectivity index (χ0v) is 14.0. The minimum Gasteiger partial charge on any atom is -0.491 e. The molecule has 0 saturated heterocycles. The van der Waals surface area contributed by atoms with Gasteiger partial charge in [-0.05, 0) is 38.6 Å². The highest BCUT2D eigenvalue weighted by molar-refractivity contribution is 7.99. The predicted octanol–water partition coefficient (Wildman–Crippen LogP) is 3.03. The van der Waals surface area contributed by atoms with Gasteiger partial charge < -0.3 is 14.8 Å². The number of rotatable bonds is 9. The van der Waals surface area contributed by atoms with Crippen molar-refractivity contribution in [1.82, 2.24) is 5.32 Å². The largest absolute Gasteiger partial charge is 0.491 e. The van der Waals surface area contributed by atoms with Crippen LogP contribution in [-0.4, -0.2) is 37.7 Å². The molecule has 1 atom stereocenters. The molecule has 0 aliphatic heterocycles.